The lowest BCUT2D eigenvalue weighted by molar-refractivity contribution is -0.125. The molecule has 38 heavy (non-hydrogen) atoms. The van der Waals surface area contributed by atoms with Crippen molar-refractivity contribution < 1.29 is 9.18 Å². The third-order valence-electron chi connectivity index (χ3n) is 6.88. The Balaban J connectivity index is 1.34. The Hall–Kier alpha value is -3.19. The van der Waals surface area contributed by atoms with Crippen LogP contribution >= 0.6 is 11.6 Å². The molecule has 4 rings (SSSR count). The minimum atomic E-state index is -0.269. The first-order valence-electron chi connectivity index (χ1n) is 13.1. The number of hydrogen-bond acceptors (Lipinski definition) is 4. The number of benzene rings is 3. The maximum Gasteiger partial charge on any atom is 0.237 e. The van der Waals surface area contributed by atoms with Crippen LogP contribution in [0.5, 0.6) is 0 Å². The van der Waals surface area contributed by atoms with Crippen molar-refractivity contribution in [1.29, 1.82) is 0 Å². The molecule has 3 aromatic carbocycles. The Morgan fingerprint density at radius 2 is 1.89 bits per heavy atom. The van der Waals surface area contributed by atoms with Gasteiger partial charge in [0.2, 0.25) is 5.91 Å². The molecule has 3 aromatic rings. The van der Waals surface area contributed by atoms with Gasteiger partial charge in [0.05, 0.1) is 6.04 Å². The van der Waals surface area contributed by atoms with Crippen molar-refractivity contribution in [3.05, 3.63) is 106 Å². The van der Waals surface area contributed by atoms with Crippen LogP contribution in [0.15, 0.2) is 78.9 Å². The zero-order valence-corrected chi connectivity index (χ0v) is 22.8. The van der Waals surface area contributed by atoms with E-state index in [2.05, 4.69) is 56.9 Å². The lowest BCUT2D eigenvalue weighted by Crippen LogP contribution is -2.43. The molecule has 0 aliphatic carbocycles. The minimum Gasteiger partial charge on any atom is -0.378 e. The van der Waals surface area contributed by atoms with E-state index in [4.69, 9.17) is 11.6 Å². The van der Waals surface area contributed by atoms with E-state index in [1.807, 2.05) is 44.4 Å². The van der Waals surface area contributed by atoms with Crippen LogP contribution < -0.4 is 15.5 Å². The molecular weight excluding hydrogens is 499 g/mol. The SMILES string of the molecule is CN(C)c1ccc(/C=C/CN[C@H]2C[C@@H](C(=O)NCCc3ccccc3F)N(Cc3cccc(Cl)c3)C2)cc1. The number of nitrogens with one attached hydrogen (secondary N) is 2. The quantitative estimate of drug-likeness (QED) is 0.357. The van der Waals surface area contributed by atoms with Gasteiger partial charge in [0, 0.05) is 57.0 Å². The van der Waals surface area contributed by atoms with Crippen LogP contribution in [0.2, 0.25) is 5.02 Å². The molecule has 0 spiro atoms. The molecule has 7 heteroatoms. The van der Waals surface area contributed by atoms with Crippen LogP contribution in [-0.4, -0.2) is 56.6 Å². The molecule has 2 N–H and O–H groups in total. The standard InChI is InChI=1S/C31H36ClFN4O/c1-36(2)28-14-12-23(13-15-28)8-6-17-34-27-20-30(37(22-27)21-24-7-5-10-26(32)19-24)31(38)35-18-16-25-9-3-4-11-29(25)33/h3-15,19,27,30,34H,16-18,20-22H2,1-2H3,(H,35,38)/b8-6+/t27-,30-/m0/s1. The van der Waals surface area contributed by atoms with Gasteiger partial charge in [0.25, 0.3) is 0 Å². The molecule has 200 valence electrons. The fraction of sp³-hybridized carbons (Fsp3) is 0.323. The van der Waals surface area contributed by atoms with Crippen molar-refractivity contribution in [3.8, 4) is 0 Å². The van der Waals surface area contributed by atoms with Gasteiger partial charge >= 0.3 is 0 Å². The van der Waals surface area contributed by atoms with E-state index in [1.165, 1.54) is 11.8 Å². The van der Waals surface area contributed by atoms with Gasteiger partial charge in [-0.1, -0.05) is 66.2 Å². The molecule has 1 saturated heterocycles. The summed E-state index contributed by atoms with van der Waals surface area (Å²) in [4.78, 5) is 17.5. The summed E-state index contributed by atoms with van der Waals surface area (Å²) in [5.41, 5.74) is 4.00. The fourth-order valence-corrected chi connectivity index (χ4v) is 5.03. The van der Waals surface area contributed by atoms with E-state index in [0.717, 1.165) is 17.7 Å². The first-order valence-corrected chi connectivity index (χ1v) is 13.4. The number of anilines is 1. The lowest BCUT2D eigenvalue weighted by Gasteiger charge is -2.23. The highest BCUT2D eigenvalue weighted by atomic mass is 35.5. The highest BCUT2D eigenvalue weighted by molar-refractivity contribution is 6.30. The number of halogens is 2. The lowest BCUT2D eigenvalue weighted by atomic mass is 10.1. The van der Waals surface area contributed by atoms with Crippen LogP contribution in [0.25, 0.3) is 6.08 Å². The van der Waals surface area contributed by atoms with E-state index in [1.54, 1.807) is 12.1 Å². The van der Waals surface area contributed by atoms with Gasteiger partial charge in [-0.3, -0.25) is 9.69 Å². The molecule has 2 atom stereocenters. The van der Waals surface area contributed by atoms with E-state index in [9.17, 15) is 9.18 Å². The van der Waals surface area contributed by atoms with E-state index >= 15 is 0 Å². The normalized spacial score (nSPS) is 17.7. The predicted molar refractivity (Wildman–Crippen MR) is 155 cm³/mol. The van der Waals surface area contributed by atoms with Crippen molar-refractivity contribution in [2.24, 2.45) is 0 Å². The molecule has 1 aliphatic rings. The fourth-order valence-electron chi connectivity index (χ4n) is 4.82. The van der Waals surface area contributed by atoms with Crippen molar-refractivity contribution in [1.82, 2.24) is 15.5 Å². The predicted octanol–water partition coefficient (Wildman–Crippen LogP) is 5.15. The Kier molecular flexibility index (Phi) is 9.93. The van der Waals surface area contributed by atoms with Crippen LogP contribution in [0, 0.1) is 5.82 Å². The van der Waals surface area contributed by atoms with Gasteiger partial charge in [-0.25, -0.2) is 4.39 Å². The second-order valence-corrected chi connectivity index (χ2v) is 10.4. The van der Waals surface area contributed by atoms with Gasteiger partial charge in [-0.15, -0.1) is 0 Å². The zero-order chi connectivity index (χ0) is 26.9. The Morgan fingerprint density at radius 3 is 2.63 bits per heavy atom. The van der Waals surface area contributed by atoms with Gasteiger partial charge in [-0.05, 0) is 59.9 Å². The van der Waals surface area contributed by atoms with Crippen LogP contribution in [-0.2, 0) is 17.8 Å². The van der Waals surface area contributed by atoms with E-state index < -0.39 is 0 Å². The molecule has 1 amide bonds. The molecule has 1 heterocycles. The summed E-state index contributed by atoms with van der Waals surface area (Å²) in [7, 11) is 4.06. The average Bonchev–Trinajstić information content (AvgIpc) is 3.30. The smallest absolute Gasteiger partial charge is 0.237 e. The number of likely N-dealkylation sites (tertiary alicyclic amines) is 1. The monoisotopic (exact) mass is 534 g/mol. The molecule has 0 saturated carbocycles. The first-order chi connectivity index (χ1) is 18.4. The minimum absolute atomic E-state index is 0.0239. The summed E-state index contributed by atoms with van der Waals surface area (Å²) in [5.74, 6) is -0.264. The van der Waals surface area contributed by atoms with Crippen molar-refractivity contribution in [2.45, 2.75) is 31.5 Å². The second kappa shape index (κ2) is 13.6. The first kappa shape index (κ1) is 27.8. The number of rotatable bonds is 11. The number of nitrogens with zero attached hydrogens (tertiary/aromatic N) is 2. The topological polar surface area (TPSA) is 47.6 Å². The van der Waals surface area contributed by atoms with Crippen LogP contribution in [0.4, 0.5) is 10.1 Å². The summed E-state index contributed by atoms with van der Waals surface area (Å²) in [6.07, 6.45) is 5.39. The van der Waals surface area contributed by atoms with Crippen molar-refractivity contribution in [3.63, 3.8) is 0 Å². The van der Waals surface area contributed by atoms with Crippen molar-refractivity contribution >= 4 is 29.3 Å². The number of amides is 1. The second-order valence-electron chi connectivity index (χ2n) is 9.94. The van der Waals surface area contributed by atoms with Gasteiger partial charge in [0.15, 0.2) is 0 Å². The zero-order valence-electron chi connectivity index (χ0n) is 22.0. The van der Waals surface area contributed by atoms with Crippen LogP contribution in [0.3, 0.4) is 0 Å². The van der Waals surface area contributed by atoms with Gasteiger partial charge < -0.3 is 15.5 Å². The highest BCUT2D eigenvalue weighted by Crippen LogP contribution is 2.22. The maximum absolute atomic E-state index is 14.0. The number of hydrogen-bond donors (Lipinski definition) is 2. The van der Waals surface area contributed by atoms with Crippen molar-refractivity contribution in [2.75, 3.05) is 38.6 Å². The number of carbonyl (C=O) groups excluding carboxylic acids is 1. The van der Waals surface area contributed by atoms with Crippen LogP contribution in [0.1, 0.15) is 23.1 Å². The summed E-state index contributed by atoms with van der Waals surface area (Å²) in [5, 5.41) is 7.31. The van der Waals surface area contributed by atoms with E-state index in [0.29, 0.717) is 43.1 Å². The summed E-state index contributed by atoms with van der Waals surface area (Å²) in [6.45, 7) is 2.50. The molecule has 0 aromatic heterocycles. The largest absolute Gasteiger partial charge is 0.378 e. The molecule has 1 aliphatic heterocycles. The summed E-state index contributed by atoms with van der Waals surface area (Å²) in [6, 6.07) is 22.8. The third-order valence-corrected chi connectivity index (χ3v) is 7.11. The van der Waals surface area contributed by atoms with Gasteiger partial charge in [0.1, 0.15) is 5.82 Å². The number of carbonyl (C=O) groups is 1. The molecule has 5 nitrogen and oxygen atoms in total. The molecule has 0 bridgehead atoms. The Morgan fingerprint density at radius 1 is 1.11 bits per heavy atom. The maximum atomic E-state index is 14.0. The van der Waals surface area contributed by atoms with Gasteiger partial charge in [-0.2, -0.15) is 0 Å². The third kappa shape index (κ3) is 7.90. The summed E-state index contributed by atoms with van der Waals surface area (Å²) < 4.78 is 14.0. The Labute approximate surface area is 230 Å². The Bertz CT molecular complexity index is 1230. The highest BCUT2D eigenvalue weighted by Gasteiger charge is 2.36. The molecule has 0 radical (unpaired) electrons. The molecular formula is C31H36ClFN4O. The summed E-state index contributed by atoms with van der Waals surface area (Å²) >= 11 is 6.21. The molecule has 1 fully saturated rings. The van der Waals surface area contributed by atoms with E-state index in [-0.39, 0.29) is 23.8 Å². The average molecular weight is 535 g/mol. The molecule has 0 unspecified atom stereocenters.